The third-order valence-electron chi connectivity index (χ3n) is 23.7. The van der Waals surface area contributed by atoms with Crippen molar-refractivity contribution in [1.29, 1.82) is 0 Å². The fourth-order valence-corrected chi connectivity index (χ4v) is 16.8. The van der Waals surface area contributed by atoms with Gasteiger partial charge in [-0.3, -0.25) is 81.5 Å². The van der Waals surface area contributed by atoms with Gasteiger partial charge in [0.25, 0.3) is 0 Å². The molecule has 2 heterocycles. The van der Waals surface area contributed by atoms with E-state index in [-0.39, 0.29) is 74.8 Å². The zero-order valence-electron chi connectivity index (χ0n) is 80.2. The highest BCUT2D eigenvalue weighted by Gasteiger charge is 2.42. The molecule has 1 aromatic heterocycles. The van der Waals surface area contributed by atoms with Gasteiger partial charge in [-0.15, -0.1) is 11.8 Å². The van der Waals surface area contributed by atoms with Gasteiger partial charge in [-0.1, -0.05) is 172 Å². The summed E-state index contributed by atoms with van der Waals surface area (Å²) in [5.74, 6) is -23.7. The molecule has 16 amide bonds. The lowest BCUT2D eigenvalue weighted by molar-refractivity contribution is -0.142. The number of para-hydroxylation sites is 1. The molecule has 7 rings (SSSR count). The molecule has 0 bridgehead atoms. The number of amides is 16. The van der Waals surface area contributed by atoms with Gasteiger partial charge in [0, 0.05) is 42.1 Å². The number of carbonyl (C=O) groups is 18. The van der Waals surface area contributed by atoms with Gasteiger partial charge >= 0.3 is 11.9 Å². The van der Waals surface area contributed by atoms with Crippen molar-refractivity contribution in [3.8, 4) is 16.9 Å². The van der Waals surface area contributed by atoms with E-state index in [0.717, 1.165) is 44.2 Å². The fraction of sp³-hybridized carbons (Fsp3) is 0.542. The molecule has 1 saturated carbocycles. The van der Waals surface area contributed by atoms with Crippen LogP contribution in [0, 0.1) is 29.6 Å². The number of hydrogen-bond acceptors (Lipinski definition) is 24. The van der Waals surface area contributed by atoms with Crippen LogP contribution in [0.15, 0.2) is 109 Å². The summed E-state index contributed by atoms with van der Waals surface area (Å²) >= 11 is 0.632. The molecule has 139 heavy (non-hydrogen) atoms. The number of carboxylic acid groups (broad SMARTS) is 2. The van der Waals surface area contributed by atoms with Crippen molar-refractivity contribution < 1.29 is 111 Å². The van der Waals surface area contributed by atoms with Gasteiger partial charge in [0.1, 0.15) is 96.4 Å². The minimum absolute atomic E-state index is 0.0177. The lowest BCUT2D eigenvalue weighted by Crippen LogP contribution is -2.63. The molecule has 1 aliphatic carbocycles. The number of fused-ring (bicyclic) bond motifs is 1. The van der Waals surface area contributed by atoms with Crippen molar-refractivity contribution in [1.82, 2.24) is 84.7 Å². The maximum atomic E-state index is 15.4. The number of carboxylic acids is 2. The predicted molar refractivity (Wildman–Crippen MR) is 515 cm³/mol. The smallest absolute Gasteiger partial charge is 0.341 e. The van der Waals surface area contributed by atoms with Gasteiger partial charge in [-0.2, -0.15) is 0 Å². The SMILES string of the molecule is CC(C)C[C@H]1NC(=O)[C@H](CCCN)NC(=O)[C@H](C(C)C)NC(=O)[C@H](Cc2ccc(-c3ccccc3)cc2)NC(=O)[C@H](C(C)C)NC(=O)[C@H](Cc2c[nH]c3ccccc23)NC(=O)[C@H](CC(=O)O)NC(=O)[C@H](Cc2ccc(OCC(=O)O)cc2)NC(=O)[C@H](C(C)O)NC(=O)CSC[C@@H](C(=O)N[C@@H](C)C(N)=O)NC(=O)[C@H](C(C)O)NC(=O)[C@H](C(C)C)NC(=O)C(CC2CCCCC2)NC(=O)[C@H](CCN)NC1=O. The molecule has 0 radical (unpaired) electrons. The molecule has 1 saturated heterocycles. The van der Waals surface area contributed by atoms with Crippen LogP contribution in [0.25, 0.3) is 22.0 Å². The second kappa shape index (κ2) is 55.5. The van der Waals surface area contributed by atoms with Crippen LogP contribution in [0.1, 0.15) is 163 Å². The van der Waals surface area contributed by atoms with E-state index < -0.39 is 264 Å². The Bertz CT molecular complexity index is 5050. The van der Waals surface area contributed by atoms with Crippen LogP contribution in [0.4, 0.5) is 0 Å². The average Bonchev–Trinajstić information content (AvgIpc) is 1.68. The number of nitrogens with two attached hydrogens (primary N) is 3. The van der Waals surface area contributed by atoms with Crippen molar-refractivity contribution >= 4 is 129 Å². The zero-order chi connectivity index (χ0) is 103. The molecule has 4 aromatic carbocycles. The molecular weight excluding hydrogens is 1820 g/mol. The number of aromatic amines is 1. The van der Waals surface area contributed by atoms with Gasteiger partial charge in [0.05, 0.1) is 24.4 Å². The standard InChI is InChI=1S/C96H137N19O23S/c1-49(2)39-67-85(126)102-66(36-38-98)84(125)105-69(40-56-21-14-12-15-22-56)88(129)114-79(52(7)8)94(135)115-81(55(11)117)96(137)110-73(91(132)101-53(9)82(99)123)47-139-48-74(118)111-80(54(10)116)95(136)109-68(42-58-30-34-62(35-31-58)138-46-76(121)122)86(127)107-72(44-75(119)120)87(128)106-71(43-61-45-100-64-26-19-18-25-63(61)64)90(131)113-78(51(5)6)93(134)108-70(41-57-28-32-60(33-29-57)59-23-16-13-17-24-59)89(130)112-77(50(3)4)92(133)103-65(27-20-37-97)83(124)104-67/h13,16-19,23-26,28-35,45,49-56,65-73,77-81,100,116-117H,12,14-15,20-22,27,36-44,46-48,97-98H2,1-11H3,(H2,99,123)(H,101,132)(H,102,126)(H,103,133)(H,104,124)(H,105,125)(H,106,128)(H,107,127)(H,108,134)(H,109,136)(H,110,137)(H,111,118)(H,112,130)(H,113,131)(H,114,129)(H,115,135)(H,119,120)(H,121,122)/t53-,54?,55?,65-,66-,67+,68-,69?,70-,71-,72-,73-,77-,78-,79-,80-,81-/m0/s1. The number of thioether (sulfide) groups is 1. The number of aliphatic hydroxyl groups excluding tert-OH is 2. The first-order valence-electron chi connectivity index (χ1n) is 46.9. The fourth-order valence-electron chi connectivity index (χ4n) is 15.9. The molecule has 0 spiro atoms. The third-order valence-corrected chi connectivity index (χ3v) is 24.8. The monoisotopic (exact) mass is 1960 g/mol. The number of benzene rings is 4. The van der Waals surface area contributed by atoms with E-state index in [4.69, 9.17) is 21.9 Å². The first kappa shape index (κ1) is 113. The Morgan fingerprint density at radius 2 is 0.863 bits per heavy atom. The number of hydrogen-bond donors (Lipinski definition) is 23. The van der Waals surface area contributed by atoms with Gasteiger partial charge < -0.3 is 127 Å². The highest BCUT2D eigenvalue weighted by atomic mass is 32.2. The van der Waals surface area contributed by atoms with Crippen molar-refractivity contribution in [2.24, 2.45) is 46.8 Å². The Kier molecular flexibility index (Phi) is 45.0. The molecule has 43 heteroatoms. The second-order valence-corrected chi connectivity index (χ2v) is 37.8. The van der Waals surface area contributed by atoms with Crippen LogP contribution in [0.5, 0.6) is 5.75 Å². The highest BCUT2D eigenvalue weighted by Crippen LogP contribution is 2.29. The Balaban J connectivity index is 1.33. The number of rotatable bonds is 29. The van der Waals surface area contributed by atoms with Crippen molar-refractivity contribution in [2.75, 3.05) is 31.2 Å². The van der Waals surface area contributed by atoms with Crippen molar-refractivity contribution in [3.05, 3.63) is 126 Å². The van der Waals surface area contributed by atoms with Gasteiger partial charge in [-0.25, -0.2) is 4.79 Å². The third kappa shape index (κ3) is 36.0. The summed E-state index contributed by atoms with van der Waals surface area (Å²) in [5.41, 5.74) is 21.0. The Hall–Kier alpha value is -13.1. The topological polar surface area (TPSA) is 672 Å². The molecule has 760 valence electrons. The van der Waals surface area contributed by atoms with Gasteiger partial charge in [0.15, 0.2) is 6.61 Å². The van der Waals surface area contributed by atoms with Crippen LogP contribution in [0.2, 0.25) is 0 Å². The summed E-state index contributed by atoms with van der Waals surface area (Å²) in [6.07, 6.45) is -0.828. The second-order valence-electron chi connectivity index (χ2n) is 36.7. The lowest BCUT2D eigenvalue weighted by atomic mass is 9.84. The van der Waals surface area contributed by atoms with Crippen molar-refractivity contribution in [2.45, 2.75) is 269 Å². The molecule has 42 nitrogen and oxygen atoms in total. The molecule has 3 unspecified atom stereocenters. The number of H-pyrrole nitrogens is 1. The van der Waals surface area contributed by atoms with Crippen LogP contribution >= 0.6 is 11.8 Å². The maximum absolute atomic E-state index is 15.4. The minimum Gasteiger partial charge on any atom is -0.482 e. The molecule has 2 aliphatic rings. The summed E-state index contributed by atoms with van der Waals surface area (Å²) in [5, 5.41) is 81.8. The zero-order valence-corrected chi connectivity index (χ0v) is 81.0. The quantitative estimate of drug-likeness (QED) is 0.0277. The molecule has 5 aromatic rings. The minimum atomic E-state index is -2.13. The normalized spacial score (nSPS) is 24.3. The predicted octanol–water partition coefficient (Wildman–Crippen LogP) is -0.841. The van der Waals surface area contributed by atoms with Gasteiger partial charge in [-0.05, 0) is 142 Å². The summed E-state index contributed by atoms with van der Waals surface area (Å²) in [7, 11) is 0. The van der Waals surface area contributed by atoms with E-state index in [1.165, 1.54) is 31.2 Å². The number of ether oxygens (including phenoxy) is 1. The van der Waals surface area contributed by atoms with Gasteiger partial charge in [0.2, 0.25) is 94.5 Å². The summed E-state index contributed by atoms with van der Waals surface area (Å²) in [4.78, 5) is 263. The molecule has 1 aliphatic heterocycles. The van der Waals surface area contributed by atoms with Crippen LogP contribution < -0.4 is 102 Å². The van der Waals surface area contributed by atoms with E-state index in [1.807, 2.05) is 30.3 Å². The first-order chi connectivity index (χ1) is 65.8. The Labute approximate surface area is 811 Å². The largest absolute Gasteiger partial charge is 0.482 e. The summed E-state index contributed by atoms with van der Waals surface area (Å²) in [6, 6.07) is 3.87. The molecular formula is C96H137N19O23S. The van der Waals surface area contributed by atoms with E-state index >= 15 is 28.8 Å². The maximum Gasteiger partial charge on any atom is 0.341 e. The Morgan fingerprint density at radius 3 is 1.39 bits per heavy atom. The van der Waals surface area contributed by atoms with E-state index in [9.17, 15) is 78.0 Å². The molecule has 26 N–H and O–H groups in total. The highest BCUT2D eigenvalue weighted by molar-refractivity contribution is 8.00. The van der Waals surface area contributed by atoms with Crippen LogP contribution in [-0.2, 0) is 106 Å². The van der Waals surface area contributed by atoms with Crippen LogP contribution in [-0.4, -0.2) is 266 Å². The molecule has 17 atom stereocenters. The number of aliphatic carboxylic acids is 2. The lowest BCUT2D eigenvalue weighted by Gasteiger charge is -2.31. The number of primary amides is 1. The average molecular weight is 1960 g/mol. The van der Waals surface area contributed by atoms with Crippen molar-refractivity contribution in [3.63, 3.8) is 0 Å². The first-order valence-corrected chi connectivity index (χ1v) is 48.0. The summed E-state index contributed by atoms with van der Waals surface area (Å²) < 4.78 is 5.29. The number of nitrogens with one attached hydrogen (secondary N) is 16. The van der Waals surface area contributed by atoms with E-state index in [1.54, 1.807) is 110 Å². The van der Waals surface area contributed by atoms with E-state index in [0.29, 0.717) is 46.6 Å². The Morgan fingerprint density at radius 1 is 0.439 bits per heavy atom. The van der Waals surface area contributed by atoms with E-state index in [2.05, 4.69) is 84.7 Å². The molecule has 2 fully saturated rings. The summed E-state index contributed by atoms with van der Waals surface area (Å²) in [6.45, 7) is 15.5. The van der Waals surface area contributed by atoms with Crippen LogP contribution in [0.3, 0.4) is 0 Å². The number of aliphatic hydroxyl groups is 2. The number of carbonyl (C=O) groups excluding carboxylic acids is 16. The number of aromatic nitrogens is 1.